The lowest BCUT2D eigenvalue weighted by Gasteiger charge is -2.11. The molecule has 2 aromatic rings. The molecule has 0 aliphatic carbocycles. The van der Waals surface area contributed by atoms with Crippen LogP contribution in [0.25, 0.3) is 0 Å². The first-order valence-corrected chi connectivity index (χ1v) is 5.85. The molecule has 0 fully saturated rings. The number of anilines is 2. The molecule has 4 aliphatic heterocycles. The molecule has 0 saturated heterocycles. The molecule has 80 valence electrons. The molecule has 2 aromatic carbocycles. The van der Waals surface area contributed by atoms with Gasteiger partial charge < -0.3 is 5.32 Å². The maximum absolute atomic E-state index is 3.41. The van der Waals surface area contributed by atoms with E-state index >= 15 is 0 Å². The van der Waals surface area contributed by atoms with E-state index in [2.05, 4.69) is 53.8 Å². The Morgan fingerprint density at radius 2 is 1.06 bits per heavy atom. The van der Waals surface area contributed by atoms with Gasteiger partial charge in [-0.15, -0.1) is 0 Å². The first kappa shape index (κ1) is 9.46. The first-order chi connectivity index (χ1) is 7.90. The molecule has 1 nitrogen and oxygen atoms in total. The largest absolute Gasteiger partial charge is 0.356 e. The molecule has 6 rings (SSSR count). The lowest BCUT2D eigenvalue weighted by molar-refractivity contribution is 0.820. The summed E-state index contributed by atoms with van der Waals surface area (Å²) in [6, 6.07) is 17.5. The quantitative estimate of drug-likeness (QED) is 0.693. The molecule has 4 aliphatic rings. The highest BCUT2D eigenvalue weighted by atomic mass is 14.9. The number of rotatable bonds is 0. The summed E-state index contributed by atoms with van der Waals surface area (Å²) in [5.74, 6) is 0. The van der Waals surface area contributed by atoms with Crippen LogP contribution in [0.4, 0.5) is 11.4 Å². The lowest BCUT2D eigenvalue weighted by atomic mass is 10.0. The van der Waals surface area contributed by atoms with Gasteiger partial charge in [-0.3, -0.25) is 0 Å². The molecule has 1 N–H and O–H groups in total. The van der Waals surface area contributed by atoms with E-state index in [0.717, 1.165) is 11.4 Å². The van der Waals surface area contributed by atoms with E-state index < -0.39 is 0 Å². The van der Waals surface area contributed by atoms with Crippen molar-refractivity contribution in [1.29, 1.82) is 0 Å². The predicted octanol–water partition coefficient (Wildman–Crippen LogP) is 3.92. The van der Waals surface area contributed by atoms with Gasteiger partial charge in [-0.2, -0.15) is 0 Å². The Morgan fingerprint density at radius 3 is 1.50 bits per heavy atom. The summed E-state index contributed by atoms with van der Waals surface area (Å²) in [7, 11) is 0. The van der Waals surface area contributed by atoms with Gasteiger partial charge in [-0.1, -0.05) is 24.3 Å². The molecular weight excluding hydrogens is 194 g/mol. The Balaban J connectivity index is 2.01. The van der Waals surface area contributed by atoms with Crippen molar-refractivity contribution in [3.8, 4) is 0 Å². The molecule has 0 aromatic heterocycles. The Hall–Kier alpha value is -1.76. The standard InChI is InChI=1S/C15H15N/c1-2-12-4-8-14(9-5-12)16-15-10-6-13(3-1)7-11-15/h4-11,16H,1-3H2. The zero-order chi connectivity index (χ0) is 10.8. The zero-order valence-corrected chi connectivity index (χ0v) is 9.24. The fourth-order valence-electron chi connectivity index (χ4n) is 2.17. The SMILES string of the molecule is c1cc2ccc1CCCc1ccc(cc1)N2. The van der Waals surface area contributed by atoms with Crippen molar-refractivity contribution in [1.82, 2.24) is 0 Å². The highest BCUT2D eigenvalue weighted by Crippen LogP contribution is 2.20. The van der Waals surface area contributed by atoms with Crippen LogP contribution in [0, 0.1) is 0 Å². The summed E-state index contributed by atoms with van der Waals surface area (Å²) in [4.78, 5) is 0. The van der Waals surface area contributed by atoms with Gasteiger partial charge in [0, 0.05) is 11.4 Å². The van der Waals surface area contributed by atoms with Crippen LogP contribution in [0.15, 0.2) is 48.5 Å². The third kappa shape index (κ3) is 1.94. The topological polar surface area (TPSA) is 12.0 Å². The van der Waals surface area contributed by atoms with Crippen LogP contribution in [0.3, 0.4) is 0 Å². The molecular formula is C15H15N. The van der Waals surface area contributed by atoms with E-state index in [0.29, 0.717) is 0 Å². The summed E-state index contributed by atoms with van der Waals surface area (Å²) in [5.41, 5.74) is 5.19. The summed E-state index contributed by atoms with van der Waals surface area (Å²) >= 11 is 0. The Kier molecular flexibility index (Phi) is 2.37. The molecule has 0 spiro atoms. The van der Waals surface area contributed by atoms with Gasteiger partial charge in [0.05, 0.1) is 0 Å². The molecule has 0 saturated carbocycles. The molecule has 1 heteroatoms. The molecule has 4 bridgehead atoms. The molecule has 0 unspecified atom stereocenters. The summed E-state index contributed by atoms with van der Waals surface area (Å²) in [6.07, 6.45) is 3.57. The van der Waals surface area contributed by atoms with Gasteiger partial charge in [-0.05, 0) is 54.7 Å². The number of hydrogen-bond donors (Lipinski definition) is 1. The molecule has 0 amide bonds. The second-order valence-corrected chi connectivity index (χ2v) is 4.37. The van der Waals surface area contributed by atoms with E-state index in [1.165, 1.54) is 30.4 Å². The van der Waals surface area contributed by atoms with Crippen molar-refractivity contribution in [3.63, 3.8) is 0 Å². The predicted molar refractivity (Wildman–Crippen MR) is 68.2 cm³/mol. The minimum atomic E-state index is 1.16. The van der Waals surface area contributed by atoms with Gasteiger partial charge in [0.2, 0.25) is 0 Å². The maximum Gasteiger partial charge on any atom is 0.0384 e. The second-order valence-electron chi connectivity index (χ2n) is 4.37. The van der Waals surface area contributed by atoms with E-state index in [-0.39, 0.29) is 0 Å². The second kappa shape index (κ2) is 4.01. The van der Waals surface area contributed by atoms with Gasteiger partial charge in [0.25, 0.3) is 0 Å². The van der Waals surface area contributed by atoms with Crippen molar-refractivity contribution in [2.75, 3.05) is 5.32 Å². The minimum absolute atomic E-state index is 1.16. The Morgan fingerprint density at radius 1 is 0.625 bits per heavy atom. The highest BCUT2D eigenvalue weighted by Gasteiger charge is 2.00. The lowest BCUT2D eigenvalue weighted by Crippen LogP contribution is -1.95. The Bertz CT molecular complexity index is 422. The fourth-order valence-corrected chi connectivity index (χ4v) is 2.17. The number of aryl methyl sites for hydroxylation is 2. The number of hydrogen-bond acceptors (Lipinski definition) is 1. The maximum atomic E-state index is 3.41. The van der Waals surface area contributed by atoms with Crippen molar-refractivity contribution in [2.24, 2.45) is 0 Å². The minimum Gasteiger partial charge on any atom is -0.356 e. The highest BCUT2D eigenvalue weighted by molar-refractivity contribution is 5.60. The van der Waals surface area contributed by atoms with E-state index in [9.17, 15) is 0 Å². The normalized spacial score (nSPS) is 14.0. The van der Waals surface area contributed by atoms with Crippen molar-refractivity contribution in [3.05, 3.63) is 59.7 Å². The zero-order valence-electron chi connectivity index (χ0n) is 9.24. The third-order valence-electron chi connectivity index (χ3n) is 3.13. The van der Waals surface area contributed by atoms with Crippen LogP contribution < -0.4 is 5.32 Å². The first-order valence-electron chi connectivity index (χ1n) is 5.85. The van der Waals surface area contributed by atoms with Crippen LogP contribution in [0.5, 0.6) is 0 Å². The summed E-state index contributed by atoms with van der Waals surface area (Å²) in [6.45, 7) is 0. The molecule has 16 heavy (non-hydrogen) atoms. The van der Waals surface area contributed by atoms with Crippen LogP contribution >= 0.6 is 0 Å². The molecule has 0 radical (unpaired) electrons. The van der Waals surface area contributed by atoms with Crippen molar-refractivity contribution >= 4 is 11.4 Å². The number of nitrogens with one attached hydrogen (secondary N) is 1. The van der Waals surface area contributed by atoms with E-state index in [1.807, 2.05) is 0 Å². The summed E-state index contributed by atoms with van der Waals surface area (Å²) in [5, 5.41) is 3.41. The third-order valence-corrected chi connectivity index (χ3v) is 3.13. The van der Waals surface area contributed by atoms with E-state index in [4.69, 9.17) is 0 Å². The van der Waals surface area contributed by atoms with Crippen LogP contribution in [0.2, 0.25) is 0 Å². The van der Waals surface area contributed by atoms with Crippen LogP contribution in [-0.4, -0.2) is 0 Å². The van der Waals surface area contributed by atoms with E-state index in [1.54, 1.807) is 0 Å². The fraction of sp³-hybridized carbons (Fsp3) is 0.200. The monoisotopic (exact) mass is 209 g/mol. The van der Waals surface area contributed by atoms with Gasteiger partial charge in [0.1, 0.15) is 0 Å². The summed E-state index contributed by atoms with van der Waals surface area (Å²) < 4.78 is 0. The molecule has 0 atom stereocenters. The van der Waals surface area contributed by atoms with Crippen molar-refractivity contribution < 1.29 is 0 Å². The van der Waals surface area contributed by atoms with Gasteiger partial charge in [-0.25, -0.2) is 0 Å². The van der Waals surface area contributed by atoms with Crippen LogP contribution in [0.1, 0.15) is 17.5 Å². The molecule has 4 heterocycles. The van der Waals surface area contributed by atoms with Gasteiger partial charge >= 0.3 is 0 Å². The average molecular weight is 209 g/mol. The average Bonchev–Trinajstić information content (AvgIpc) is 2.30. The van der Waals surface area contributed by atoms with Crippen molar-refractivity contribution in [2.45, 2.75) is 19.3 Å². The smallest absolute Gasteiger partial charge is 0.0384 e. The Labute approximate surface area is 96.1 Å². The number of benzene rings is 2. The van der Waals surface area contributed by atoms with Gasteiger partial charge in [0.15, 0.2) is 0 Å². The van der Waals surface area contributed by atoms with Crippen LogP contribution in [-0.2, 0) is 12.8 Å².